The molecule has 0 atom stereocenters. The van der Waals surface area contributed by atoms with E-state index in [-0.39, 0.29) is 0 Å². The van der Waals surface area contributed by atoms with E-state index in [4.69, 9.17) is 0 Å². The van der Waals surface area contributed by atoms with Gasteiger partial charge in [-0.25, -0.2) is 0 Å². The second-order valence-electron chi connectivity index (χ2n) is 32.9. The molecule has 0 bridgehead atoms. The van der Waals surface area contributed by atoms with Crippen LogP contribution in [-0.4, -0.2) is 0 Å². The summed E-state index contributed by atoms with van der Waals surface area (Å²) in [5.41, 5.74) is 30.2. The van der Waals surface area contributed by atoms with Gasteiger partial charge >= 0.3 is 0 Å². The number of benzene rings is 22. The number of anilines is 6. The van der Waals surface area contributed by atoms with E-state index in [9.17, 15) is 0 Å². The number of hydrogen-bond donors (Lipinski definition) is 0. The standard InChI is InChI=1S/C119H80N2/c1-119(2)113-76-93(121(89-58-64-95-87(69-89)72-107(79-33-12-4-13-34-79)99-49-27-26-47-97(95)99)90-59-65-100-94-46-25-24-45-85(94)70-108(110(100)73-90)80-35-14-5-15-36-80)62-68-103(113)106-52-30-51-96(118(106)119)86-55-63-105-109(71-86)102-67-61-92(75-112(102)117(84-43-22-9-23-44-84)115(105)82-39-18-7-19-40-82)120(88-56-53-78(54-57-88)77-31-10-3-11-32-77)91-60-66-101-98-48-28-29-50-104(98)114(81-37-16-6-17-38-81)116(111(101)74-91)83-41-20-8-21-42-83/h3-76H,1-2H3. The van der Waals surface area contributed by atoms with E-state index in [0.29, 0.717) is 0 Å². The summed E-state index contributed by atoms with van der Waals surface area (Å²) in [6.07, 6.45) is 0. The van der Waals surface area contributed by atoms with Crippen molar-refractivity contribution in [3.8, 4) is 100 Å². The molecule has 0 saturated heterocycles. The molecule has 0 spiro atoms. The van der Waals surface area contributed by atoms with Crippen molar-refractivity contribution in [3.05, 3.63) is 460 Å². The number of rotatable bonds is 14. The zero-order valence-corrected chi connectivity index (χ0v) is 67.1. The molecule has 22 aromatic rings. The molecule has 2 nitrogen and oxygen atoms in total. The smallest absolute Gasteiger partial charge is 0.0468 e. The first kappa shape index (κ1) is 70.9. The Morgan fingerprint density at radius 3 is 1.04 bits per heavy atom. The summed E-state index contributed by atoms with van der Waals surface area (Å²) in [6, 6.07) is 168. The van der Waals surface area contributed by atoms with Gasteiger partial charge in [-0.1, -0.05) is 372 Å². The van der Waals surface area contributed by atoms with Crippen LogP contribution in [0.3, 0.4) is 0 Å². The maximum atomic E-state index is 2.52. The Morgan fingerprint density at radius 1 is 0.157 bits per heavy atom. The monoisotopic (exact) mass is 1540 g/mol. The molecule has 121 heavy (non-hydrogen) atoms. The van der Waals surface area contributed by atoms with E-state index >= 15 is 0 Å². The Labute approximate surface area is 704 Å². The summed E-state index contributed by atoms with van der Waals surface area (Å²) < 4.78 is 0. The Bertz CT molecular complexity index is 7860. The number of nitrogens with zero attached hydrogens (tertiary/aromatic N) is 2. The molecular weight excluding hydrogens is 1460 g/mol. The van der Waals surface area contributed by atoms with Gasteiger partial charge < -0.3 is 9.80 Å². The first-order valence-electron chi connectivity index (χ1n) is 42.1. The lowest BCUT2D eigenvalue weighted by molar-refractivity contribution is 0.662. The third-order valence-corrected chi connectivity index (χ3v) is 25.7. The fraction of sp³-hybridized carbons (Fsp3) is 0.0252. The molecule has 22 aromatic carbocycles. The molecule has 2 heteroatoms. The highest BCUT2D eigenvalue weighted by Crippen LogP contribution is 2.57. The minimum Gasteiger partial charge on any atom is -0.310 e. The third-order valence-electron chi connectivity index (χ3n) is 25.7. The van der Waals surface area contributed by atoms with Crippen molar-refractivity contribution >= 4 is 120 Å². The van der Waals surface area contributed by atoms with E-state index in [2.05, 4.69) is 473 Å². The zero-order valence-electron chi connectivity index (χ0n) is 67.1. The van der Waals surface area contributed by atoms with Crippen molar-refractivity contribution in [3.63, 3.8) is 0 Å². The van der Waals surface area contributed by atoms with Gasteiger partial charge in [0.2, 0.25) is 0 Å². The molecule has 0 heterocycles. The molecule has 0 aliphatic heterocycles. The molecule has 0 saturated carbocycles. The quantitative estimate of drug-likeness (QED) is 0.100. The first-order valence-corrected chi connectivity index (χ1v) is 42.1. The molecule has 0 radical (unpaired) electrons. The zero-order chi connectivity index (χ0) is 80.2. The van der Waals surface area contributed by atoms with Crippen LogP contribution >= 0.6 is 0 Å². The minimum atomic E-state index is -0.444. The maximum absolute atomic E-state index is 2.52. The normalized spacial score (nSPS) is 12.3. The van der Waals surface area contributed by atoms with E-state index in [1.165, 1.54) is 175 Å². The predicted octanol–water partition coefficient (Wildman–Crippen LogP) is 33.5. The van der Waals surface area contributed by atoms with E-state index in [0.717, 1.165) is 56.2 Å². The lowest BCUT2D eigenvalue weighted by atomic mass is 9.78. The average Bonchev–Trinajstić information content (AvgIpc) is 1.70. The molecule has 0 unspecified atom stereocenters. The topological polar surface area (TPSA) is 6.48 Å². The lowest BCUT2D eigenvalue weighted by Gasteiger charge is -2.29. The highest BCUT2D eigenvalue weighted by atomic mass is 15.1. The lowest BCUT2D eigenvalue weighted by Crippen LogP contribution is -2.17. The van der Waals surface area contributed by atoms with Crippen molar-refractivity contribution in [2.75, 3.05) is 9.80 Å². The molecule has 23 rings (SSSR count). The van der Waals surface area contributed by atoms with Gasteiger partial charge in [-0.05, 0) is 288 Å². The van der Waals surface area contributed by atoms with E-state index in [1.54, 1.807) is 0 Å². The first-order chi connectivity index (χ1) is 59.8. The van der Waals surface area contributed by atoms with Gasteiger partial charge in [0.25, 0.3) is 0 Å². The largest absolute Gasteiger partial charge is 0.310 e. The fourth-order valence-electron chi connectivity index (χ4n) is 20.2. The summed E-state index contributed by atoms with van der Waals surface area (Å²) in [6.45, 7) is 4.91. The summed E-state index contributed by atoms with van der Waals surface area (Å²) in [5.74, 6) is 0. The highest BCUT2D eigenvalue weighted by molar-refractivity contribution is 6.25. The van der Waals surface area contributed by atoms with Gasteiger partial charge in [0.05, 0.1) is 0 Å². The maximum Gasteiger partial charge on any atom is 0.0468 e. The molecule has 566 valence electrons. The van der Waals surface area contributed by atoms with Gasteiger partial charge in [-0.3, -0.25) is 0 Å². The fourth-order valence-corrected chi connectivity index (χ4v) is 20.2. The molecule has 0 amide bonds. The van der Waals surface area contributed by atoms with Crippen LogP contribution in [0.2, 0.25) is 0 Å². The van der Waals surface area contributed by atoms with Crippen molar-refractivity contribution in [2.24, 2.45) is 0 Å². The third kappa shape index (κ3) is 11.9. The second kappa shape index (κ2) is 29.0. The van der Waals surface area contributed by atoms with Crippen LogP contribution < -0.4 is 9.80 Å². The van der Waals surface area contributed by atoms with Crippen molar-refractivity contribution in [2.45, 2.75) is 19.3 Å². The van der Waals surface area contributed by atoms with Crippen LogP contribution in [0.15, 0.2) is 449 Å². The Morgan fingerprint density at radius 2 is 0.488 bits per heavy atom. The van der Waals surface area contributed by atoms with Crippen LogP contribution in [0, 0.1) is 0 Å². The molecule has 0 aromatic heterocycles. The van der Waals surface area contributed by atoms with Crippen LogP contribution in [-0.2, 0) is 5.41 Å². The second-order valence-corrected chi connectivity index (χ2v) is 32.9. The molecular formula is C119H80N2. The van der Waals surface area contributed by atoms with Crippen molar-refractivity contribution in [1.29, 1.82) is 0 Å². The molecule has 0 N–H and O–H groups in total. The van der Waals surface area contributed by atoms with Gasteiger partial charge in [-0.2, -0.15) is 0 Å². The average molecular weight is 1540 g/mol. The van der Waals surface area contributed by atoms with E-state index < -0.39 is 5.41 Å². The number of hydrogen-bond acceptors (Lipinski definition) is 2. The van der Waals surface area contributed by atoms with Gasteiger partial charge in [0.1, 0.15) is 0 Å². The van der Waals surface area contributed by atoms with Crippen molar-refractivity contribution < 1.29 is 0 Å². The van der Waals surface area contributed by atoms with Gasteiger partial charge in [0, 0.05) is 39.5 Å². The van der Waals surface area contributed by atoms with Gasteiger partial charge in [0.15, 0.2) is 0 Å². The summed E-state index contributed by atoms with van der Waals surface area (Å²) >= 11 is 0. The number of fused-ring (bicyclic) bond motifs is 15. The summed E-state index contributed by atoms with van der Waals surface area (Å²) in [5, 5.41) is 19.4. The van der Waals surface area contributed by atoms with Crippen LogP contribution in [0.25, 0.3) is 186 Å². The van der Waals surface area contributed by atoms with Crippen molar-refractivity contribution in [1.82, 2.24) is 0 Å². The Balaban J connectivity index is 0.712. The van der Waals surface area contributed by atoms with Crippen LogP contribution in [0.5, 0.6) is 0 Å². The Kier molecular flexibility index (Phi) is 17.0. The van der Waals surface area contributed by atoms with Crippen LogP contribution in [0.4, 0.5) is 34.1 Å². The summed E-state index contributed by atoms with van der Waals surface area (Å²) in [7, 11) is 0. The Hall–Kier alpha value is -15.5. The molecule has 1 aliphatic rings. The van der Waals surface area contributed by atoms with Crippen LogP contribution in [0.1, 0.15) is 25.0 Å². The highest BCUT2D eigenvalue weighted by Gasteiger charge is 2.39. The molecule has 0 fully saturated rings. The van der Waals surface area contributed by atoms with Gasteiger partial charge in [-0.15, -0.1) is 0 Å². The summed E-state index contributed by atoms with van der Waals surface area (Å²) in [4.78, 5) is 5.01. The molecule has 1 aliphatic carbocycles. The SMILES string of the molecule is CC1(C)c2cc(N(c3ccc4c(c3)cc(-c3ccccc3)c3ccccc34)c3ccc4c(c3)c(-c3ccccc3)cc3ccccc34)ccc2-c2cccc(-c3ccc4c(-c5ccccc5)c(-c5ccccc5)c5cc(N(c6ccc(-c7ccccc7)cc6)c6ccc7c(c6)c(-c6ccccc6)c(-c6ccccc6)c6ccccc67)ccc5c4c3)c21. The predicted molar refractivity (Wildman–Crippen MR) is 517 cm³/mol. The van der Waals surface area contributed by atoms with E-state index in [1.807, 2.05) is 0 Å². The minimum absolute atomic E-state index is 0.444.